The van der Waals surface area contributed by atoms with Gasteiger partial charge in [-0.3, -0.25) is 4.79 Å². The monoisotopic (exact) mass is 398 g/mol. The number of hydrogen-bond acceptors (Lipinski definition) is 3. The van der Waals surface area contributed by atoms with Gasteiger partial charge in [0.05, 0.1) is 9.26 Å². The summed E-state index contributed by atoms with van der Waals surface area (Å²) in [4.78, 5) is 20.8. The van der Waals surface area contributed by atoms with Crippen LogP contribution < -0.4 is 5.56 Å². The summed E-state index contributed by atoms with van der Waals surface area (Å²) < 4.78 is 0.743. The van der Waals surface area contributed by atoms with E-state index in [1.54, 1.807) is 0 Å². The molecule has 0 saturated heterocycles. The Morgan fingerprint density at radius 3 is 2.65 bits per heavy atom. The highest BCUT2D eigenvalue weighted by Crippen LogP contribution is 2.40. The van der Waals surface area contributed by atoms with E-state index in [9.17, 15) is 4.79 Å². The van der Waals surface area contributed by atoms with E-state index in [-0.39, 0.29) is 5.56 Å². The molecule has 5 heteroatoms. The molecule has 0 aliphatic heterocycles. The molecule has 1 aliphatic rings. The first-order chi connectivity index (χ1) is 9.69. The van der Waals surface area contributed by atoms with Gasteiger partial charge in [0.25, 0.3) is 5.56 Å². The van der Waals surface area contributed by atoms with Gasteiger partial charge in [0.2, 0.25) is 0 Å². The van der Waals surface area contributed by atoms with E-state index in [0.717, 1.165) is 33.4 Å². The van der Waals surface area contributed by atoms with Crippen LogP contribution in [0, 0.1) is 3.57 Å². The maximum absolute atomic E-state index is 12.0. The Morgan fingerprint density at radius 1 is 1.35 bits per heavy atom. The van der Waals surface area contributed by atoms with Gasteiger partial charge in [-0.2, -0.15) is 0 Å². The molecule has 1 fully saturated rings. The van der Waals surface area contributed by atoms with Gasteiger partial charge in [0.15, 0.2) is 0 Å². The SMILES string of the molecule is CCSc1ccc(-c2nc(C3CC3)c(I)c(=O)[nH]2)cc1. The van der Waals surface area contributed by atoms with Crippen molar-refractivity contribution in [2.75, 3.05) is 5.75 Å². The van der Waals surface area contributed by atoms with Crippen LogP contribution in [-0.4, -0.2) is 15.7 Å². The molecule has 2 aromatic rings. The van der Waals surface area contributed by atoms with Gasteiger partial charge < -0.3 is 4.98 Å². The summed E-state index contributed by atoms with van der Waals surface area (Å²) in [6.45, 7) is 2.14. The number of nitrogens with one attached hydrogen (secondary N) is 1. The minimum Gasteiger partial charge on any atom is -0.306 e. The van der Waals surface area contributed by atoms with Gasteiger partial charge >= 0.3 is 0 Å². The molecule has 3 rings (SSSR count). The molecule has 1 heterocycles. The van der Waals surface area contributed by atoms with Gasteiger partial charge in [0, 0.05) is 16.4 Å². The zero-order valence-corrected chi connectivity index (χ0v) is 14.1. The normalized spacial score (nSPS) is 14.5. The van der Waals surface area contributed by atoms with Crippen molar-refractivity contribution in [1.29, 1.82) is 0 Å². The van der Waals surface area contributed by atoms with Crippen LogP contribution in [0.2, 0.25) is 0 Å². The average molecular weight is 398 g/mol. The minimum absolute atomic E-state index is 0.0236. The van der Waals surface area contributed by atoms with Gasteiger partial charge in [-0.15, -0.1) is 11.8 Å². The number of benzene rings is 1. The molecule has 1 aromatic heterocycles. The molecule has 0 atom stereocenters. The maximum atomic E-state index is 12.0. The van der Waals surface area contributed by atoms with Crippen LogP contribution in [0.25, 0.3) is 11.4 Å². The number of rotatable bonds is 4. The van der Waals surface area contributed by atoms with E-state index in [2.05, 4.69) is 51.6 Å². The van der Waals surface area contributed by atoms with Gasteiger partial charge in [0.1, 0.15) is 5.82 Å². The highest BCUT2D eigenvalue weighted by atomic mass is 127. The molecule has 0 radical (unpaired) electrons. The van der Waals surface area contributed by atoms with E-state index in [0.29, 0.717) is 11.7 Å². The van der Waals surface area contributed by atoms with E-state index >= 15 is 0 Å². The molecule has 0 amide bonds. The molecule has 20 heavy (non-hydrogen) atoms. The summed E-state index contributed by atoms with van der Waals surface area (Å²) >= 11 is 3.91. The van der Waals surface area contributed by atoms with Crippen molar-refractivity contribution in [3.8, 4) is 11.4 Å². The first-order valence-corrected chi connectivity index (χ1v) is 8.78. The smallest absolute Gasteiger partial charge is 0.264 e. The van der Waals surface area contributed by atoms with E-state index in [1.807, 2.05) is 23.9 Å². The highest BCUT2D eigenvalue weighted by Gasteiger charge is 2.28. The van der Waals surface area contributed by atoms with Crippen molar-refractivity contribution >= 4 is 34.4 Å². The van der Waals surface area contributed by atoms with Crippen LogP contribution in [0.1, 0.15) is 31.4 Å². The quantitative estimate of drug-likeness (QED) is 0.625. The predicted molar refractivity (Wildman–Crippen MR) is 91.4 cm³/mol. The number of thioether (sulfide) groups is 1. The number of aromatic amines is 1. The number of H-pyrrole nitrogens is 1. The third-order valence-electron chi connectivity index (χ3n) is 3.29. The van der Waals surface area contributed by atoms with E-state index in [1.165, 1.54) is 4.90 Å². The fraction of sp³-hybridized carbons (Fsp3) is 0.333. The standard InChI is InChI=1S/C15H15IN2OS/c1-2-20-11-7-5-10(6-8-11)14-17-13(9-3-4-9)12(16)15(19)18-14/h5-9H,2-4H2,1H3,(H,17,18,19). The first-order valence-electron chi connectivity index (χ1n) is 6.72. The Labute approximate surface area is 135 Å². The van der Waals surface area contributed by atoms with Crippen LogP contribution in [0.5, 0.6) is 0 Å². The molecule has 0 unspecified atom stereocenters. The summed E-state index contributed by atoms with van der Waals surface area (Å²) in [6, 6.07) is 8.22. The zero-order chi connectivity index (χ0) is 14.1. The first kappa shape index (κ1) is 14.1. The van der Waals surface area contributed by atoms with Crippen LogP contribution in [0.15, 0.2) is 34.0 Å². The van der Waals surface area contributed by atoms with E-state index < -0.39 is 0 Å². The lowest BCUT2D eigenvalue weighted by atomic mass is 10.2. The van der Waals surface area contributed by atoms with Crippen LogP contribution >= 0.6 is 34.4 Å². The summed E-state index contributed by atoms with van der Waals surface area (Å²) in [7, 11) is 0. The molecule has 1 N–H and O–H groups in total. The van der Waals surface area contributed by atoms with Gasteiger partial charge in [-0.05, 0) is 53.3 Å². The number of nitrogens with zero attached hydrogens (tertiary/aromatic N) is 1. The molecule has 1 aliphatic carbocycles. The number of hydrogen-bond donors (Lipinski definition) is 1. The lowest BCUT2D eigenvalue weighted by molar-refractivity contribution is 0.958. The van der Waals surface area contributed by atoms with Crippen molar-refractivity contribution in [1.82, 2.24) is 9.97 Å². The Bertz CT molecular complexity index is 677. The molecule has 1 aromatic carbocycles. The zero-order valence-electron chi connectivity index (χ0n) is 11.1. The van der Waals surface area contributed by atoms with Crippen LogP contribution in [0.4, 0.5) is 0 Å². The fourth-order valence-electron chi connectivity index (χ4n) is 2.12. The molecular formula is C15H15IN2OS. The third-order valence-corrected chi connectivity index (χ3v) is 5.23. The predicted octanol–water partition coefficient (Wildman–Crippen LogP) is 4.03. The fourth-order valence-corrected chi connectivity index (χ4v) is 3.47. The van der Waals surface area contributed by atoms with Crippen molar-refractivity contribution in [3.05, 3.63) is 43.9 Å². The van der Waals surface area contributed by atoms with Crippen LogP contribution in [0.3, 0.4) is 0 Å². The van der Waals surface area contributed by atoms with Crippen LogP contribution in [-0.2, 0) is 0 Å². The van der Waals surface area contributed by atoms with Crippen molar-refractivity contribution in [2.24, 2.45) is 0 Å². The molecule has 3 nitrogen and oxygen atoms in total. The molecule has 0 bridgehead atoms. The average Bonchev–Trinajstić information content (AvgIpc) is 3.27. The van der Waals surface area contributed by atoms with Gasteiger partial charge in [-0.1, -0.05) is 19.1 Å². The Kier molecular flexibility index (Phi) is 4.16. The second-order valence-corrected chi connectivity index (χ2v) is 7.26. The third kappa shape index (κ3) is 2.93. The summed E-state index contributed by atoms with van der Waals surface area (Å²) in [6.07, 6.45) is 2.30. The van der Waals surface area contributed by atoms with Crippen molar-refractivity contribution in [2.45, 2.75) is 30.6 Å². The highest BCUT2D eigenvalue weighted by molar-refractivity contribution is 14.1. The summed E-state index contributed by atoms with van der Waals surface area (Å²) in [5.41, 5.74) is 1.92. The molecule has 104 valence electrons. The largest absolute Gasteiger partial charge is 0.306 e. The lowest BCUT2D eigenvalue weighted by Gasteiger charge is -2.06. The second-order valence-electron chi connectivity index (χ2n) is 4.85. The molecule has 1 saturated carbocycles. The molecular weight excluding hydrogens is 383 g/mol. The topological polar surface area (TPSA) is 45.8 Å². The number of halogens is 1. The van der Waals surface area contributed by atoms with Crippen molar-refractivity contribution in [3.63, 3.8) is 0 Å². The maximum Gasteiger partial charge on any atom is 0.264 e. The summed E-state index contributed by atoms with van der Waals surface area (Å²) in [5, 5.41) is 0. The Balaban J connectivity index is 1.99. The van der Waals surface area contributed by atoms with E-state index in [4.69, 9.17) is 0 Å². The summed E-state index contributed by atoms with van der Waals surface area (Å²) in [5.74, 6) is 2.23. The number of aromatic nitrogens is 2. The second kappa shape index (κ2) is 5.89. The molecule has 0 spiro atoms. The Morgan fingerprint density at radius 2 is 2.05 bits per heavy atom. The van der Waals surface area contributed by atoms with Crippen molar-refractivity contribution < 1.29 is 0 Å². The Hall–Kier alpha value is -0.820. The van der Waals surface area contributed by atoms with Gasteiger partial charge in [-0.25, -0.2) is 4.98 Å². The lowest BCUT2D eigenvalue weighted by Crippen LogP contribution is -2.15. The minimum atomic E-state index is -0.0236.